The fourth-order valence-electron chi connectivity index (χ4n) is 2.07. The highest BCUT2D eigenvalue weighted by molar-refractivity contribution is 9.10. The molecule has 0 atom stereocenters. The van der Waals surface area contributed by atoms with Crippen molar-refractivity contribution in [1.29, 1.82) is 0 Å². The highest BCUT2D eigenvalue weighted by Crippen LogP contribution is 2.31. The smallest absolute Gasteiger partial charge is 0.244 e. The van der Waals surface area contributed by atoms with Gasteiger partial charge in [-0.25, -0.2) is 13.1 Å². The second-order valence-corrected chi connectivity index (χ2v) is 7.55. The molecule has 0 aliphatic heterocycles. The quantitative estimate of drug-likeness (QED) is 0.763. The molecule has 0 aromatic heterocycles. The van der Waals surface area contributed by atoms with Gasteiger partial charge in [-0.15, -0.1) is 0 Å². The number of halogens is 1. The lowest BCUT2D eigenvalue weighted by Crippen LogP contribution is -2.52. The van der Waals surface area contributed by atoms with Gasteiger partial charge in [-0.1, -0.05) is 29.8 Å². The van der Waals surface area contributed by atoms with Gasteiger partial charge in [0, 0.05) is 16.6 Å². The minimum atomic E-state index is -3.72. The summed E-state index contributed by atoms with van der Waals surface area (Å²) in [6, 6.07) is 3.25. The van der Waals surface area contributed by atoms with Crippen molar-refractivity contribution in [2.24, 2.45) is 5.73 Å². The molecule has 0 aliphatic rings. The third-order valence-corrected chi connectivity index (χ3v) is 6.28. The van der Waals surface area contributed by atoms with E-state index in [2.05, 4.69) is 20.7 Å². The maximum absolute atomic E-state index is 12.7. The molecular weight excluding hydrogens is 356 g/mol. The summed E-state index contributed by atoms with van der Waals surface area (Å²) in [6.45, 7) is 5.95. The van der Waals surface area contributed by atoms with Crippen LogP contribution in [0.2, 0.25) is 0 Å². The molecule has 0 radical (unpaired) electrons. The zero-order valence-corrected chi connectivity index (χ0v) is 15.3. The van der Waals surface area contributed by atoms with Gasteiger partial charge in [0.2, 0.25) is 10.0 Å². The first-order valence-corrected chi connectivity index (χ1v) is 9.11. The summed E-state index contributed by atoms with van der Waals surface area (Å²) in [4.78, 5) is 0.113. The van der Waals surface area contributed by atoms with E-state index in [0.29, 0.717) is 18.6 Å². The highest BCUT2D eigenvalue weighted by Gasteiger charge is 2.32. The SMILES string of the molecule is CCC(CC)(CN)NS(=O)(=O)c1cc(Br)c(C)cc1OC. The molecule has 5 nitrogen and oxygen atoms in total. The lowest BCUT2D eigenvalue weighted by Gasteiger charge is -2.31. The molecule has 0 aliphatic carbocycles. The number of rotatable bonds is 7. The van der Waals surface area contributed by atoms with Gasteiger partial charge in [-0.2, -0.15) is 0 Å². The monoisotopic (exact) mass is 378 g/mol. The minimum absolute atomic E-state index is 0.113. The van der Waals surface area contributed by atoms with E-state index in [0.717, 1.165) is 10.0 Å². The minimum Gasteiger partial charge on any atom is -0.495 e. The Labute approximate surface area is 135 Å². The summed E-state index contributed by atoms with van der Waals surface area (Å²) in [5, 5.41) is 0. The molecule has 0 heterocycles. The standard InChI is InChI=1S/C14H23BrN2O3S/c1-5-14(6-2,9-16)17-21(18,19)13-8-11(15)10(3)7-12(13)20-4/h7-8,17H,5-6,9,16H2,1-4H3. The Morgan fingerprint density at radius 2 is 1.90 bits per heavy atom. The van der Waals surface area contributed by atoms with Crippen LogP contribution in [0.4, 0.5) is 0 Å². The van der Waals surface area contributed by atoms with Crippen molar-refractivity contribution in [2.75, 3.05) is 13.7 Å². The highest BCUT2D eigenvalue weighted by atomic mass is 79.9. The molecule has 1 aromatic rings. The third kappa shape index (κ3) is 3.97. The van der Waals surface area contributed by atoms with E-state index in [1.165, 1.54) is 7.11 Å². The number of aryl methyl sites for hydroxylation is 1. The summed E-state index contributed by atoms with van der Waals surface area (Å²) in [7, 11) is -2.27. The molecule has 21 heavy (non-hydrogen) atoms. The summed E-state index contributed by atoms with van der Waals surface area (Å²) < 4.78 is 34.1. The van der Waals surface area contributed by atoms with Crippen LogP contribution in [0.25, 0.3) is 0 Å². The molecule has 0 amide bonds. The van der Waals surface area contributed by atoms with Gasteiger partial charge in [0.1, 0.15) is 10.6 Å². The van der Waals surface area contributed by atoms with Crippen molar-refractivity contribution in [3.8, 4) is 5.75 Å². The normalized spacial score (nSPS) is 12.5. The second kappa shape index (κ2) is 7.09. The fraction of sp³-hybridized carbons (Fsp3) is 0.571. The first kappa shape index (κ1) is 18.4. The maximum Gasteiger partial charge on any atom is 0.244 e. The largest absolute Gasteiger partial charge is 0.495 e. The number of ether oxygens (including phenoxy) is 1. The van der Waals surface area contributed by atoms with Crippen LogP contribution in [-0.4, -0.2) is 27.6 Å². The number of nitrogens with one attached hydrogen (secondary N) is 1. The predicted molar refractivity (Wildman–Crippen MR) is 88.1 cm³/mol. The second-order valence-electron chi connectivity index (χ2n) is 5.05. The Kier molecular flexibility index (Phi) is 6.22. The average molecular weight is 379 g/mol. The average Bonchev–Trinajstić information content (AvgIpc) is 2.47. The molecule has 0 bridgehead atoms. The topological polar surface area (TPSA) is 81.4 Å². The molecule has 3 N–H and O–H groups in total. The first-order valence-electron chi connectivity index (χ1n) is 6.83. The molecule has 0 spiro atoms. The third-order valence-electron chi connectivity index (χ3n) is 3.83. The zero-order valence-electron chi connectivity index (χ0n) is 12.9. The zero-order chi connectivity index (χ0) is 16.3. The lowest BCUT2D eigenvalue weighted by atomic mass is 9.95. The van der Waals surface area contributed by atoms with Crippen LogP contribution in [0.3, 0.4) is 0 Å². The van der Waals surface area contributed by atoms with Gasteiger partial charge < -0.3 is 10.5 Å². The first-order chi connectivity index (χ1) is 9.75. The van der Waals surface area contributed by atoms with Crippen LogP contribution < -0.4 is 15.2 Å². The predicted octanol–water partition coefficient (Wildman–Crippen LogP) is 2.56. The van der Waals surface area contributed by atoms with Gasteiger partial charge in [0.25, 0.3) is 0 Å². The van der Waals surface area contributed by atoms with Crippen LogP contribution in [0, 0.1) is 6.92 Å². The molecule has 7 heteroatoms. The molecule has 1 aromatic carbocycles. The Morgan fingerprint density at radius 3 is 2.33 bits per heavy atom. The van der Waals surface area contributed by atoms with E-state index in [1.807, 2.05) is 20.8 Å². The Balaban J connectivity index is 3.34. The molecule has 0 saturated heterocycles. The van der Waals surface area contributed by atoms with Crippen molar-refractivity contribution in [1.82, 2.24) is 4.72 Å². The summed E-state index contributed by atoms with van der Waals surface area (Å²) in [5.74, 6) is 0.321. The van der Waals surface area contributed by atoms with Crippen molar-refractivity contribution >= 4 is 26.0 Å². The van der Waals surface area contributed by atoms with Crippen LogP contribution in [0.1, 0.15) is 32.3 Å². The van der Waals surface area contributed by atoms with Crippen LogP contribution in [-0.2, 0) is 10.0 Å². The Morgan fingerprint density at radius 1 is 1.33 bits per heavy atom. The number of hydrogen-bond acceptors (Lipinski definition) is 4. The number of nitrogens with two attached hydrogens (primary N) is 1. The van der Waals surface area contributed by atoms with Crippen molar-refractivity contribution < 1.29 is 13.2 Å². The Bertz CT molecular complexity index is 590. The van der Waals surface area contributed by atoms with Crippen molar-refractivity contribution in [2.45, 2.75) is 44.0 Å². The van der Waals surface area contributed by atoms with Gasteiger partial charge in [-0.05, 0) is 37.5 Å². The van der Waals surface area contributed by atoms with Gasteiger partial charge in [-0.3, -0.25) is 0 Å². The number of sulfonamides is 1. The molecule has 1 rings (SSSR count). The van der Waals surface area contributed by atoms with E-state index in [-0.39, 0.29) is 11.4 Å². The number of hydrogen-bond donors (Lipinski definition) is 2. The van der Waals surface area contributed by atoms with E-state index in [1.54, 1.807) is 12.1 Å². The van der Waals surface area contributed by atoms with E-state index < -0.39 is 15.6 Å². The fourth-order valence-corrected chi connectivity index (χ4v) is 4.30. The molecule has 0 fully saturated rings. The Hall–Kier alpha value is -0.630. The summed E-state index contributed by atoms with van der Waals surface area (Å²) in [5.41, 5.74) is 6.04. The van der Waals surface area contributed by atoms with Gasteiger partial charge in [0.15, 0.2) is 0 Å². The van der Waals surface area contributed by atoms with Crippen LogP contribution in [0.15, 0.2) is 21.5 Å². The number of benzene rings is 1. The van der Waals surface area contributed by atoms with E-state index in [4.69, 9.17) is 10.5 Å². The van der Waals surface area contributed by atoms with Gasteiger partial charge in [0.05, 0.1) is 7.11 Å². The molecular formula is C14H23BrN2O3S. The van der Waals surface area contributed by atoms with Crippen molar-refractivity contribution in [3.05, 3.63) is 22.2 Å². The van der Waals surface area contributed by atoms with Crippen LogP contribution >= 0.6 is 15.9 Å². The van der Waals surface area contributed by atoms with E-state index in [9.17, 15) is 8.42 Å². The molecule has 120 valence electrons. The van der Waals surface area contributed by atoms with Gasteiger partial charge >= 0.3 is 0 Å². The summed E-state index contributed by atoms with van der Waals surface area (Å²) in [6.07, 6.45) is 1.24. The van der Waals surface area contributed by atoms with Crippen LogP contribution in [0.5, 0.6) is 5.75 Å². The lowest BCUT2D eigenvalue weighted by molar-refractivity contribution is 0.360. The van der Waals surface area contributed by atoms with Crippen molar-refractivity contribution in [3.63, 3.8) is 0 Å². The number of methoxy groups -OCH3 is 1. The maximum atomic E-state index is 12.7. The molecule has 0 unspecified atom stereocenters. The van der Waals surface area contributed by atoms with E-state index >= 15 is 0 Å². The summed E-state index contributed by atoms with van der Waals surface area (Å²) >= 11 is 3.36. The molecule has 0 saturated carbocycles.